The monoisotopic (exact) mass is 335 g/mol. The van der Waals surface area contributed by atoms with Crippen molar-refractivity contribution in [3.8, 4) is 11.5 Å². The molecule has 0 bridgehead atoms. The molecular weight excluding hydrogens is 306 g/mol. The van der Waals surface area contributed by atoms with Crippen molar-refractivity contribution in [2.45, 2.75) is 19.9 Å². The number of nitrogens with one attached hydrogen (secondary N) is 1. The largest absolute Gasteiger partial charge is 0.497 e. The third-order valence-corrected chi connectivity index (χ3v) is 4.54. The van der Waals surface area contributed by atoms with Crippen LogP contribution in [-0.4, -0.2) is 69.2 Å². The number of benzene rings is 1. The van der Waals surface area contributed by atoms with Gasteiger partial charge >= 0.3 is 0 Å². The molecule has 0 spiro atoms. The molecule has 1 amide bonds. The fourth-order valence-electron chi connectivity index (χ4n) is 2.87. The molecule has 0 aromatic heterocycles. The van der Waals surface area contributed by atoms with E-state index < -0.39 is 0 Å². The minimum absolute atomic E-state index is 0.0748. The maximum absolute atomic E-state index is 12.1. The minimum atomic E-state index is 0.0748. The summed E-state index contributed by atoms with van der Waals surface area (Å²) in [5.74, 6) is 1.55. The molecule has 1 N–H and O–H groups in total. The Morgan fingerprint density at radius 3 is 2.46 bits per heavy atom. The van der Waals surface area contributed by atoms with Crippen LogP contribution < -0.4 is 14.8 Å². The van der Waals surface area contributed by atoms with E-state index in [4.69, 9.17) is 9.47 Å². The van der Waals surface area contributed by atoms with Crippen LogP contribution in [0.4, 0.5) is 0 Å². The molecule has 134 valence electrons. The summed E-state index contributed by atoms with van der Waals surface area (Å²) < 4.78 is 10.5. The van der Waals surface area contributed by atoms with Gasteiger partial charge in [0.1, 0.15) is 11.5 Å². The molecule has 1 heterocycles. The van der Waals surface area contributed by atoms with E-state index in [-0.39, 0.29) is 5.91 Å². The Bertz CT molecular complexity index is 528. The SMILES string of the molecule is CCN1CCN(CCC(=O)NCc2ccc(OC)cc2OC)CC1. The van der Waals surface area contributed by atoms with E-state index in [1.807, 2.05) is 18.2 Å². The summed E-state index contributed by atoms with van der Waals surface area (Å²) in [5.41, 5.74) is 0.947. The number of rotatable bonds is 8. The van der Waals surface area contributed by atoms with Gasteiger partial charge in [-0.1, -0.05) is 6.92 Å². The zero-order valence-corrected chi connectivity index (χ0v) is 15.0. The highest BCUT2D eigenvalue weighted by Crippen LogP contribution is 2.24. The Labute approximate surface area is 144 Å². The quantitative estimate of drug-likeness (QED) is 0.777. The first-order chi connectivity index (χ1) is 11.7. The number of carbonyl (C=O) groups is 1. The standard InChI is InChI=1S/C18H29N3O3/c1-4-20-9-11-21(12-10-20)8-7-18(22)19-14-15-5-6-16(23-2)13-17(15)24-3/h5-6,13H,4,7-12,14H2,1-3H3,(H,19,22). The van der Waals surface area contributed by atoms with Crippen molar-refractivity contribution in [2.24, 2.45) is 0 Å². The minimum Gasteiger partial charge on any atom is -0.497 e. The third kappa shape index (κ3) is 5.39. The van der Waals surface area contributed by atoms with Crippen LogP contribution in [0, 0.1) is 0 Å². The van der Waals surface area contributed by atoms with E-state index in [2.05, 4.69) is 22.0 Å². The fourth-order valence-corrected chi connectivity index (χ4v) is 2.87. The molecule has 0 radical (unpaired) electrons. The number of carbonyl (C=O) groups excluding carboxylic acids is 1. The summed E-state index contributed by atoms with van der Waals surface area (Å²) in [6, 6.07) is 5.62. The molecule has 6 nitrogen and oxygen atoms in total. The smallest absolute Gasteiger partial charge is 0.221 e. The highest BCUT2D eigenvalue weighted by molar-refractivity contribution is 5.76. The molecule has 0 aliphatic carbocycles. The molecule has 1 aliphatic rings. The van der Waals surface area contributed by atoms with Gasteiger partial charge in [0.05, 0.1) is 14.2 Å². The molecule has 0 saturated carbocycles. The summed E-state index contributed by atoms with van der Waals surface area (Å²) >= 11 is 0. The molecule has 2 rings (SSSR count). The van der Waals surface area contributed by atoms with Crippen molar-refractivity contribution in [1.29, 1.82) is 0 Å². The predicted octanol–water partition coefficient (Wildman–Crippen LogP) is 1.35. The number of likely N-dealkylation sites (N-methyl/N-ethyl adjacent to an activating group) is 1. The topological polar surface area (TPSA) is 54.0 Å². The van der Waals surface area contributed by atoms with Crippen molar-refractivity contribution in [3.05, 3.63) is 23.8 Å². The van der Waals surface area contributed by atoms with Crippen molar-refractivity contribution in [3.63, 3.8) is 0 Å². The number of nitrogens with zero attached hydrogens (tertiary/aromatic N) is 2. The summed E-state index contributed by atoms with van der Waals surface area (Å²) in [6.45, 7) is 8.89. The average Bonchev–Trinajstić information content (AvgIpc) is 2.64. The van der Waals surface area contributed by atoms with E-state index in [0.717, 1.165) is 56.3 Å². The number of hydrogen-bond donors (Lipinski definition) is 1. The van der Waals surface area contributed by atoms with E-state index in [1.165, 1.54) is 0 Å². The lowest BCUT2D eigenvalue weighted by molar-refractivity contribution is -0.121. The van der Waals surface area contributed by atoms with Gasteiger partial charge in [0.15, 0.2) is 0 Å². The molecule has 1 aromatic carbocycles. The molecule has 1 saturated heterocycles. The number of ether oxygens (including phenoxy) is 2. The van der Waals surface area contributed by atoms with Crippen LogP contribution in [0.15, 0.2) is 18.2 Å². The van der Waals surface area contributed by atoms with Crippen LogP contribution >= 0.6 is 0 Å². The molecule has 0 unspecified atom stereocenters. The normalized spacial score (nSPS) is 16.0. The Balaban J connectivity index is 1.73. The van der Waals surface area contributed by atoms with E-state index >= 15 is 0 Å². The van der Waals surface area contributed by atoms with E-state index in [9.17, 15) is 4.79 Å². The molecule has 1 aromatic rings. The molecule has 0 atom stereocenters. The highest BCUT2D eigenvalue weighted by atomic mass is 16.5. The molecule has 1 fully saturated rings. The highest BCUT2D eigenvalue weighted by Gasteiger charge is 2.16. The lowest BCUT2D eigenvalue weighted by Crippen LogP contribution is -2.46. The zero-order chi connectivity index (χ0) is 17.4. The van der Waals surface area contributed by atoms with Gasteiger partial charge in [0, 0.05) is 57.3 Å². The second kappa shape index (κ2) is 9.49. The van der Waals surface area contributed by atoms with Gasteiger partial charge in [-0.15, -0.1) is 0 Å². The lowest BCUT2D eigenvalue weighted by Gasteiger charge is -2.33. The van der Waals surface area contributed by atoms with Gasteiger partial charge in [-0.25, -0.2) is 0 Å². The number of amides is 1. The Kier molecular flexibility index (Phi) is 7.34. The van der Waals surface area contributed by atoms with Crippen molar-refractivity contribution in [1.82, 2.24) is 15.1 Å². The Hall–Kier alpha value is -1.79. The van der Waals surface area contributed by atoms with Gasteiger partial charge in [-0.05, 0) is 18.7 Å². The van der Waals surface area contributed by atoms with Gasteiger partial charge in [-0.3, -0.25) is 4.79 Å². The summed E-state index contributed by atoms with van der Waals surface area (Å²) in [6.07, 6.45) is 0.532. The Morgan fingerprint density at radius 1 is 1.12 bits per heavy atom. The summed E-state index contributed by atoms with van der Waals surface area (Å²) in [4.78, 5) is 16.9. The first-order valence-electron chi connectivity index (χ1n) is 8.58. The summed E-state index contributed by atoms with van der Waals surface area (Å²) in [7, 11) is 3.24. The van der Waals surface area contributed by atoms with Crippen molar-refractivity contribution < 1.29 is 14.3 Å². The van der Waals surface area contributed by atoms with Crippen LogP contribution in [0.3, 0.4) is 0 Å². The Morgan fingerprint density at radius 2 is 1.83 bits per heavy atom. The second-order valence-electron chi connectivity index (χ2n) is 5.98. The molecular formula is C18H29N3O3. The van der Waals surface area contributed by atoms with Crippen molar-refractivity contribution in [2.75, 3.05) is 53.5 Å². The first kappa shape index (κ1) is 18.5. The summed E-state index contributed by atoms with van der Waals surface area (Å²) in [5, 5.41) is 2.97. The third-order valence-electron chi connectivity index (χ3n) is 4.54. The maximum atomic E-state index is 12.1. The van der Waals surface area contributed by atoms with Gasteiger partial charge in [0.25, 0.3) is 0 Å². The maximum Gasteiger partial charge on any atom is 0.221 e. The van der Waals surface area contributed by atoms with Crippen LogP contribution in [0.25, 0.3) is 0 Å². The van der Waals surface area contributed by atoms with Gasteiger partial charge in [-0.2, -0.15) is 0 Å². The number of piperazine rings is 1. The van der Waals surface area contributed by atoms with Crippen LogP contribution in [-0.2, 0) is 11.3 Å². The van der Waals surface area contributed by atoms with Gasteiger partial charge in [0.2, 0.25) is 5.91 Å². The molecule has 24 heavy (non-hydrogen) atoms. The number of methoxy groups -OCH3 is 2. The van der Waals surface area contributed by atoms with Crippen LogP contribution in [0.2, 0.25) is 0 Å². The molecule has 1 aliphatic heterocycles. The van der Waals surface area contributed by atoms with E-state index in [1.54, 1.807) is 14.2 Å². The van der Waals surface area contributed by atoms with Gasteiger partial charge < -0.3 is 24.6 Å². The average molecular weight is 335 g/mol. The number of hydrogen-bond acceptors (Lipinski definition) is 5. The zero-order valence-electron chi connectivity index (χ0n) is 15.0. The second-order valence-corrected chi connectivity index (χ2v) is 5.98. The lowest BCUT2D eigenvalue weighted by atomic mass is 10.2. The predicted molar refractivity (Wildman–Crippen MR) is 94.6 cm³/mol. The van der Waals surface area contributed by atoms with Crippen LogP contribution in [0.5, 0.6) is 11.5 Å². The fraction of sp³-hybridized carbons (Fsp3) is 0.611. The van der Waals surface area contributed by atoms with E-state index in [0.29, 0.717) is 13.0 Å². The molecule has 6 heteroatoms. The van der Waals surface area contributed by atoms with Crippen molar-refractivity contribution >= 4 is 5.91 Å². The van der Waals surface area contributed by atoms with Crippen LogP contribution in [0.1, 0.15) is 18.9 Å². The first-order valence-corrected chi connectivity index (χ1v) is 8.58.